The number of imide groups is 2. The van der Waals surface area contributed by atoms with Gasteiger partial charge in [0.15, 0.2) is 6.61 Å². The minimum absolute atomic E-state index is 0.169. The first-order chi connectivity index (χ1) is 12.6. The highest BCUT2D eigenvalue weighted by molar-refractivity contribution is 6.22. The number of fused-ring (bicyclic) bond motifs is 1. The molecule has 1 unspecified atom stereocenters. The minimum Gasteiger partial charge on any atom is -0.454 e. The van der Waals surface area contributed by atoms with Crippen molar-refractivity contribution in [3.8, 4) is 0 Å². The topological polar surface area (TPSA) is 122 Å². The summed E-state index contributed by atoms with van der Waals surface area (Å²) < 4.78 is 4.83. The average molecular weight is 375 g/mol. The molecule has 1 aromatic rings. The summed E-state index contributed by atoms with van der Waals surface area (Å²) in [6.45, 7) is 5.84. The van der Waals surface area contributed by atoms with Crippen LogP contribution in [-0.4, -0.2) is 53.3 Å². The van der Waals surface area contributed by atoms with Gasteiger partial charge in [-0.3, -0.25) is 24.6 Å². The largest absolute Gasteiger partial charge is 0.454 e. The minimum atomic E-state index is -1.21. The highest BCUT2D eigenvalue weighted by Gasteiger charge is 2.41. The van der Waals surface area contributed by atoms with Crippen molar-refractivity contribution in [1.29, 1.82) is 0 Å². The zero-order valence-corrected chi connectivity index (χ0v) is 15.5. The number of esters is 1. The van der Waals surface area contributed by atoms with Crippen molar-refractivity contribution in [1.82, 2.24) is 15.5 Å². The van der Waals surface area contributed by atoms with E-state index in [1.54, 1.807) is 32.9 Å². The third kappa shape index (κ3) is 4.49. The maximum atomic E-state index is 12.5. The standard InChI is InChI=1S/C18H21N3O6/c1-9(2)19-18(26)20-14(22)8-27-17(25)11(4)21-15(23)12-6-5-10(3)7-13(12)16(21)24/h5-7,9,11H,8H2,1-4H3,(H2,19,20,22,26). The lowest BCUT2D eigenvalue weighted by atomic mass is 10.1. The molecule has 144 valence electrons. The van der Waals surface area contributed by atoms with Gasteiger partial charge >= 0.3 is 12.0 Å². The second kappa shape index (κ2) is 7.98. The fraction of sp³-hybridized carbons (Fsp3) is 0.389. The predicted octanol–water partition coefficient (Wildman–Crippen LogP) is 0.757. The van der Waals surface area contributed by atoms with Crippen molar-refractivity contribution >= 4 is 29.7 Å². The first-order valence-electron chi connectivity index (χ1n) is 8.37. The van der Waals surface area contributed by atoms with Crippen LogP contribution in [0.1, 0.15) is 47.1 Å². The molecule has 0 saturated heterocycles. The molecule has 0 aliphatic carbocycles. The number of hydrogen-bond donors (Lipinski definition) is 2. The summed E-state index contributed by atoms with van der Waals surface area (Å²) in [4.78, 5) is 60.9. The van der Waals surface area contributed by atoms with E-state index < -0.39 is 42.4 Å². The third-order valence-corrected chi connectivity index (χ3v) is 3.82. The second-order valence-electron chi connectivity index (χ2n) is 6.49. The molecule has 0 spiro atoms. The Morgan fingerprint density at radius 3 is 2.33 bits per heavy atom. The fourth-order valence-corrected chi connectivity index (χ4v) is 2.55. The Bertz CT molecular complexity index is 817. The number of ether oxygens (including phenoxy) is 1. The van der Waals surface area contributed by atoms with E-state index in [1.807, 2.05) is 5.32 Å². The summed E-state index contributed by atoms with van der Waals surface area (Å²) in [5.74, 6) is -2.95. The molecule has 5 amide bonds. The van der Waals surface area contributed by atoms with Gasteiger partial charge in [0.25, 0.3) is 17.7 Å². The van der Waals surface area contributed by atoms with Crippen LogP contribution in [0.5, 0.6) is 0 Å². The van der Waals surface area contributed by atoms with Crippen LogP contribution < -0.4 is 10.6 Å². The Kier molecular flexibility index (Phi) is 5.94. The van der Waals surface area contributed by atoms with Crippen LogP contribution in [0.4, 0.5) is 4.79 Å². The van der Waals surface area contributed by atoms with E-state index in [0.29, 0.717) is 0 Å². The molecule has 2 rings (SSSR count). The summed E-state index contributed by atoms with van der Waals surface area (Å²) in [5.41, 5.74) is 1.25. The van der Waals surface area contributed by atoms with Crippen LogP contribution >= 0.6 is 0 Å². The number of nitrogens with one attached hydrogen (secondary N) is 2. The number of carbonyl (C=O) groups is 5. The Labute approximate surface area is 156 Å². The van der Waals surface area contributed by atoms with Crippen molar-refractivity contribution in [2.75, 3.05) is 6.61 Å². The molecule has 1 aliphatic rings. The van der Waals surface area contributed by atoms with Gasteiger partial charge in [-0.2, -0.15) is 0 Å². The Morgan fingerprint density at radius 1 is 1.07 bits per heavy atom. The van der Waals surface area contributed by atoms with Gasteiger partial charge in [0.1, 0.15) is 6.04 Å². The summed E-state index contributed by atoms with van der Waals surface area (Å²) >= 11 is 0. The molecule has 0 fully saturated rings. The highest BCUT2D eigenvalue weighted by Crippen LogP contribution is 2.25. The molecule has 2 N–H and O–H groups in total. The Morgan fingerprint density at radius 2 is 1.70 bits per heavy atom. The monoisotopic (exact) mass is 375 g/mol. The van der Waals surface area contributed by atoms with Gasteiger partial charge in [-0.05, 0) is 39.8 Å². The van der Waals surface area contributed by atoms with E-state index in [0.717, 1.165) is 10.5 Å². The predicted molar refractivity (Wildman–Crippen MR) is 93.9 cm³/mol. The molecular formula is C18H21N3O6. The Balaban J connectivity index is 1.96. The molecular weight excluding hydrogens is 354 g/mol. The molecule has 9 nitrogen and oxygen atoms in total. The van der Waals surface area contributed by atoms with Gasteiger partial charge in [0.2, 0.25) is 0 Å². The molecule has 9 heteroatoms. The van der Waals surface area contributed by atoms with Crippen LogP contribution in [0.3, 0.4) is 0 Å². The molecule has 0 radical (unpaired) electrons. The third-order valence-electron chi connectivity index (χ3n) is 3.82. The zero-order chi connectivity index (χ0) is 20.3. The Hall–Kier alpha value is -3.23. The van der Waals surface area contributed by atoms with Crippen molar-refractivity contribution in [2.24, 2.45) is 0 Å². The summed E-state index contributed by atoms with van der Waals surface area (Å²) in [5, 5.41) is 4.45. The second-order valence-corrected chi connectivity index (χ2v) is 6.49. The maximum absolute atomic E-state index is 12.5. The van der Waals surface area contributed by atoms with Gasteiger partial charge in [0, 0.05) is 6.04 Å². The molecule has 0 saturated carbocycles. The molecule has 1 heterocycles. The first kappa shape index (κ1) is 20.1. The number of nitrogens with zero attached hydrogens (tertiary/aromatic N) is 1. The quantitative estimate of drug-likeness (QED) is 0.579. The number of amides is 5. The van der Waals surface area contributed by atoms with E-state index >= 15 is 0 Å². The van der Waals surface area contributed by atoms with Crippen LogP contribution in [0.2, 0.25) is 0 Å². The summed E-state index contributed by atoms with van der Waals surface area (Å²) in [6, 6.07) is 2.71. The van der Waals surface area contributed by atoms with Gasteiger partial charge in [-0.1, -0.05) is 11.6 Å². The van der Waals surface area contributed by atoms with Crippen molar-refractivity contribution < 1.29 is 28.7 Å². The number of rotatable bonds is 5. The smallest absolute Gasteiger partial charge is 0.329 e. The van der Waals surface area contributed by atoms with Crippen LogP contribution in [0.15, 0.2) is 18.2 Å². The normalized spacial score (nSPS) is 14.0. The van der Waals surface area contributed by atoms with E-state index in [9.17, 15) is 24.0 Å². The van der Waals surface area contributed by atoms with Gasteiger partial charge in [-0.15, -0.1) is 0 Å². The number of carbonyl (C=O) groups excluding carboxylic acids is 5. The van der Waals surface area contributed by atoms with Crippen LogP contribution in [-0.2, 0) is 14.3 Å². The van der Waals surface area contributed by atoms with Gasteiger partial charge in [-0.25, -0.2) is 9.59 Å². The maximum Gasteiger partial charge on any atom is 0.329 e. The van der Waals surface area contributed by atoms with Crippen molar-refractivity contribution in [2.45, 2.75) is 39.8 Å². The first-order valence-corrected chi connectivity index (χ1v) is 8.37. The molecule has 1 aliphatic heterocycles. The van der Waals surface area contributed by atoms with E-state index in [-0.39, 0.29) is 17.2 Å². The van der Waals surface area contributed by atoms with E-state index in [4.69, 9.17) is 4.74 Å². The molecule has 27 heavy (non-hydrogen) atoms. The molecule has 0 bridgehead atoms. The molecule has 1 atom stereocenters. The lowest BCUT2D eigenvalue weighted by Crippen LogP contribution is -2.46. The number of hydrogen-bond acceptors (Lipinski definition) is 6. The lowest BCUT2D eigenvalue weighted by molar-refractivity contribution is -0.151. The molecule has 1 aromatic carbocycles. The van der Waals surface area contributed by atoms with Crippen LogP contribution in [0.25, 0.3) is 0 Å². The number of urea groups is 1. The van der Waals surface area contributed by atoms with E-state index in [2.05, 4.69) is 5.32 Å². The van der Waals surface area contributed by atoms with Crippen LogP contribution in [0, 0.1) is 6.92 Å². The highest BCUT2D eigenvalue weighted by atomic mass is 16.5. The number of aryl methyl sites for hydroxylation is 1. The fourth-order valence-electron chi connectivity index (χ4n) is 2.55. The van der Waals surface area contributed by atoms with Gasteiger partial charge < -0.3 is 10.1 Å². The SMILES string of the molecule is Cc1ccc2c(c1)C(=O)N(C(C)C(=O)OCC(=O)NC(=O)NC(C)C)C2=O. The van der Waals surface area contributed by atoms with Crippen molar-refractivity contribution in [3.05, 3.63) is 34.9 Å². The van der Waals surface area contributed by atoms with E-state index in [1.165, 1.54) is 13.0 Å². The lowest BCUT2D eigenvalue weighted by Gasteiger charge is -2.20. The average Bonchev–Trinajstić information content (AvgIpc) is 2.81. The molecule has 0 aromatic heterocycles. The number of benzene rings is 1. The van der Waals surface area contributed by atoms with Crippen molar-refractivity contribution in [3.63, 3.8) is 0 Å². The summed E-state index contributed by atoms with van der Waals surface area (Å²) in [6.07, 6.45) is 0. The summed E-state index contributed by atoms with van der Waals surface area (Å²) in [7, 11) is 0. The van der Waals surface area contributed by atoms with Gasteiger partial charge in [0.05, 0.1) is 11.1 Å². The zero-order valence-electron chi connectivity index (χ0n) is 15.5.